The standard InChI is InChI=1S/C25H19BrINO4/c1-2-30-23-14-16(6-11-22(23)31-15-17-4-3-5-20(27)12-17)13-21-25(29)32-24(28-21)18-7-9-19(26)10-8-18/h3-14H,2,15H2,1H3/b21-13-. The van der Waals surface area contributed by atoms with Gasteiger partial charge in [0.05, 0.1) is 6.61 Å². The van der Waals surface area contributed by atoms with Gasteiger partial charge in [0, 0.05) is 13.6 Å². The van der Waals surface area contributed by atoms with Crippen LogP contribution in [0.25, 0.3) is 6.08 Å². The topological polar surface area (TPSA) is 57.1 Å². The van der Waals surface area contributed by atoms with Crippen molar-refractivity contribution in [3.8, 4) is 11.5 Å². The number of cyclic esters (lactones) is 1. The molecule has 32 heavy (non-hydrogen) atoms. The number of benzene rings is 3. The van der Waals surface area contributed by atoms with Gasteiger partial charge < -0.3 is 14.2 Å². The van der Waals surface area contributed by atoms with Gasteiger partial charge in [-0.15, -0.1) is 0 Å². The Kier molecular flexibility index (Phi) is 7.26. The van der Waals surface area contributed by atoms with Crippen molar-refractivity contribution in [3.63, 3.8) is 0 Å². The number of halogens is 2. The summed E-state index contributed by atoms with van der Waals surface area (Å²) in [5, 5.41) is 0. The van der Waals surface area contributed by atoms with Crippen molar-refractivity contribution in [3.05, 3.63) is 97.2 Å². The lowest BCUT2D eigenvalue weighted by atomic mass is 10.1. The monoisotopic (exact) mass is 603 g/mol. The van der Waals surface area contributed by atoms with Crippen LogP contribution in [0.4, 0.5) is 0 Å². The van der Waals surface area contributed by atoms with Crippen molar-refractivity contribution in [1.82, 2.24) is 0 Å². The first kappa shape index (κ1) is 22.5. The van der Waals surface area contributed by atoms with E-state index in [4.69, 9.17) is 14.2 Å². The van der Waals surface area contributed by atoms with Gasteiger partial charge in [0.25, 0.3) is 0 Å². The van der Waals surface area contributed by atoms with Crippen molar-refractivity contribution >= 4 is 56.5 Å². The molecular weight excluding hydrogens is 585 g/mol. The largest absolute Gasteiger partial charge is 0.490 e. The lowest BCUT2D eigenvalue weighted by molar-refractivity contribution is -0.129. The highest BCUT2D eigenvalue weighted by atomic mass is 127. The van der Waals surface area contributed by atoms with E-state index in [9.17, 15) is 4.79 Å². The average molecular weight is 604 g/mol. The van der Waals surface area contributed by atoms with Crippen LogP contribution in [-0.4, -0.2) is 18.5 Å². The smallest absolute Gasteiger partial charge is 0.363 e. The molecule has 0 radical (unpaired) electrons. The summed E-state index contributed by atoms with van der Waals surface area (Å²) in [5.74, 6) is 1.05. The van der Waals surface area contributed by atoms with Crippen molar-refractivity contribution in [2.45, 2.75) is 13.5 Å². The number of carbonyl (C=O) groups is 1. The Balaban J connectivity index is 1.55. The van der Waals surface area contributed by atoms with Crippen molar-refractivity contribution in [2.24, 2.45) is 4.99 Å². The normalized spacial score (nSPS) is 14.3. The van der Waals surface area contributed by atoms with Crippen LogP contribution in [-0.2, 0) is 16.1 Å². The van der Waals surface area contributed by atoms with E-state index in [2.05, 4.69) is 49.6 Å². The summed E-state index contributed by atoms with van der Waals surface area (Å²) in [6.45, 7) is 2.84. The van der Waals surface area contributed by atoms with E-state index in [-0.39, 0.29) is 11.6 Å². The zero-order valence-electron chi connectivity index (χ0n) is 17.2. The maximum atomic E-state index is 12.3. The Hall–Kier alpha value is -2.65. The molecule has 5 nitrogen and oxygen atoms in total. The van der Waals surface area contributed by atoms with Gasteiger partial charge in [-0.2, -0.15) is 0 Å². The fraction of sp³-hybridized carbons (Fsp3) is 0.120. The molecule has 0 N–H and O–H groups in total. The first-order valence-corrected chi connectivity index (χ1v) is 11.8. The Morgan fingerprint density at radius 1 is 1.03 bits per heavy atom. The van der Waals surface area contributed by atoms with Crippen LogP contribution < -0.4 is 9.47 Å². The number of esters is 1. The van der Waals surface area contributed by atoms with E-state index in [1.165, 1.54) is 0 Å². The molecule has 0 unspecified atom stereocenters. The highest BCUT2D eigenvalue weighted by Gasteiger charge is 2.24. The lowest BCUT2D eigenvalue weighted by Crippen LogP contribution is -2.05. The fourth-order valence-corrected chi connectivity index (χ4v) is 3.94. The van der Waals surface area contributed by atoms with Crippen molar-refractivity contribution < 1.29 is 19.0 Å². The van der Waals surface area contributed by atoms with Crippen LogP contribution in [0.5, 0.6) is 11.5 Å². The quantitative estimate of drug-likeness (QED) is 0.179. The number of carbonyl (C=O) groups excluding carboxylic acids is 1. The SMILES string of the molecule is CCOc1cc(/C=C2\N=C(c3ccc(Br)cc3)OC2=O)ccc1OCc1cccc(I)c1. The third kappa shape index (κ3) is 5.58. The van der Waals surface area contributed by atoms with Crippen LogP contribution in [0.3, 0.4) is 0 Å². The molecule has 1 aliphatic rings. The van der Waals surface area contributed by atoms with E-state index in [0.29, 0.717) is 24.7 Å². The molecule has 0 atom stereocenters. The predicted octanol–water partition coefficient (Wildman–Crippen LogP) is 6.38. The summed E-state index contributed by atoms with van der Waals surface area (Å²) in [4.78, 5) is 16.7. The maximum Gasteiger partial charge on any atom is 0.363 e. The van der Waals surface area contributed by atoms with E-state index < -0.39 is 5.97 Å². The van der Waals surface area contributed by atoms with Gasteiger partial charge in [0.2, 0.25) is 5.90 Å². The minimum atomic E-state index is -0.486. The molecular formula is C25H19BrINO4. The Labute approximate surface area is 208 Å². The minimum Gasteiger partial charge on any atom is -0.490 e. The fourth-order valence-electron chi connectivity index (χ4n) is 3.07. The molecule has 0 fully saturated rings. The number of aliphatic imine (C=N–C) groups is 1. The minimum absolute atomic E-state index is 0.234. The number of ether oxygens (including phenoxy) is 3. The first-order chi connectivity index (χ1) is 15.5. The van der Waals surface area contributed by atoms with Gasteiger partial charge in [-0.3, -0.25) is 0 Å². The van der Waals surface area contributed by atoms with Gasteiger partial charge in [0.15, 0.2) is 17.2 Å². The molecule has 7 heteroatoms. The van der Waals surface area contributed by atoms with Gasteiger partial charge in [-0.25, -0.2) is 9.79 Å². The number of rotatable bonds is 7. The molecule has 4 rings (SSSR count). The zero-order valence-corrected chi connectivity index (χ0v) is 20.9. The Bertz CT molecular complexity index is 1200. The summed E-state index contributed by atoms with van der Waals surface area (Å²) in [6.07, 6.45) is 1.68. The third-order valence-corrected chi connectivity index (χ3v) is 5.77. The molecule has 0 aromatic heterocycles. The second-order valence-corrected chi connectivity index (χ2v) is 9.06. The summed E-state index contributed by atoms with van der Waals surface area (Å²) in [7, 11) is 0. The number of hydrogen-bond acceptors (Lipinski definition) is 5. The molecule has 162 valence electrons. The molecule has 3 aromatic carbocycles. The lowest BCUT2D eigenvalue weighted by Gasteiger charge is -2.13. The first-order valence-electron chi connectivity index (χ1n) is 9.94. The van der Waals surface area contributed by atoms with Crippen LogP contribution >= 0.6 is 38.5 Å². The summed E-state index contributed by atoms with van der Waals surface area (Å²) in [5.41, 5.74) is 2.81. The predicted molar refractivity (Wildman–Crippen MR) is 136 cm³/mol. The summed E-state index contributed by atoms with van der Waals surface area (Å²) >= 11 is 5.67. The van der Waals surface area contributed by atoms with Gasteiger partial charge in [-0.1, -0.05) is 34.1 Å². The molecule has 0 aliphatic carbocycles. The molecule has 0 bridgehead atoms. The summed E-state index contributed by atoms with van der Waals surface area (Å²) < 4.78 is 19.2. The van der Waals surface area contributed by atoms with Gasteiger partial charge in [-0.05, 0) is 95.2 Å². The zero-order chi connectivity index (χ0) is 22.5. The number of hydrogen-bond donors (Lipinski definition) is 0. The third-order valence-electron chi connectivity index (χ3n) is 4.57. The summed E-state index contributed by atoms with van der Waals surface area (Å²) in [6, 6.07) is 21.1. The van der Waals surface area contributed by atoms with Gasteiger partial charge in [0.1, 0.15) is 6.61 Å². The highest BCUT2D eigenvalue weighted by Crippen LogP contribution is 2.31. The highest BCUT2D eigenvalue weighted by molar-refractivity contribution is 14.1. The van der Waals surface area contributed by atoms with Crippen LogP contribution in [0, 0.1) is 3.57 Å². The van der Waals surface area contributed by atoms with Gasteiger partial charge >= 0.3 is 5.97 Å². The van der Waals surface area contributed by atoms with E-state index in [1.807, 2.05) is 67.6 Å². The van der Waals surface area contributed by atoms with E-state index in [1.54, 1.807) is 6.08 Å². The molecule has 1 aliphatic heterocycles. The van der Waals surface area contributed by atoms with E-state index in [0.717, 1.165) is 24.7 Å². The molecule has 0 spiro atoms. The van der Waals surface area contributed by atoms with E-state index >= 15 is 0 Å². The maximum absolute atomic E-state index is 12.3. The average Bonchev–Trinajstić information content (AvgIpc) is 3.14. The van der Waals surface area contributed by atoms with Crippen molar-refractivity contribution in [1.29, 1.82) is 0 Å². The Morgan fingerprint density at radius 2 is 1.84 bits per heavy atom. The van der Waals surface area contributed by atoms with Crippen LogP contribution in [0.2, 0.25) is 0 Å². The molecule has 0 saturated heterocycles. The molecule has 3 aromatic rings. The Morgan fingerprint density at radius 3 is 2.59 bits per heavy atom. The molecule has 1 heterocycles. The second kappa shape index (κ2) is 10.3. The van der Waals surface area contributed by atoms with Crippen LogP contribution in [0.1, 0.15) is 23.6 Å². The van der Waals surface area contributed by atoms with Crippen LogP contribution in [0.15, 0.2) is 81.9 Å². The van der Waals surface area contributed by atoms with Crippen molar-refractivity contribution in [2.75, 3.05) is 6.61 Å². The molecule has 0 saturated carbocycles. The number of nitrogens with zero attached hydrogens (tertiary/aromatic N) is 1. The second-order valence-electron chi connectivity index (χ2n) is 6.90. The molecule has 0 amide bonds.